The molecule has 0 spiro atoms. The van der Waals surface area contributed by atoms with Gasteiger partial charge in [-0.15, -0.1) is 11.3 Å². The predicted molar refractivity (Wildman–Crippen MR) is 74.5 cm³/mol. The Hall–Kier alpha value is -1.88. The van der Waals surface area contributed by atoms with Gasteiger partial charge in [-0.05, 0) is 42.3 Å². The summed E-state index contributed by atoms with van der Waals surface area (Å²) in [5, 5.41) is 5.09. The van der Waals surface area contributed by atoms with Crippen LogP contribution >= 0.6 is 11.3 Å². The van der Waals surface area contributed by atoms with Crippen LogP contribution in [-0.4, -0.2) is 10.9 Å². The van der Waals surface area contributed by atoms with Gasteiger partial charge in [-0.1, -0.05) is 0 Å². The van der Waals surface area contributed by atoms with Gasteiger partial charge in [0.2, 0.25) is 5.56 Å². The molecule has 0 saturated carbocycles. The van der Waals surface area contributed by atoms with Gasteiger partial charge in [-0.2, -0.15) is 0 Å². The number of aryl methyl sites for hydroxylation is 1. The molecule has 0 fully saturated rings. The van der Waals surface area contributed by atoms with Gasteiger partial charge in [0.1, 0.15) is 0 Å². The minimum atomic E-state index is -0.257. The van der Waals surface area contributed by atoms with Crippen LogP contribution < -0.4 is 10.9 Å². The number of aromatic amines is 1. The highest BCUT2D eigenvalue weighted by Gasteiger charge is 2.23. The molecule has 0 aliphatic heterocycles. The third-order valence-electron chi connectivity index (χ3n) is 3.39. The predicted octanol–water partition coefficient (Wildman–Crippen LogP) is 2.24. The molecule has 5 heteroatoms. The largest absolute Gasteiger partial charge is 0.345 e. The second-order valence-electron chi connectivity index (χ2n) is 4.66. The molecule has 1 aliphatic carbocycles. The summed E-state index contributed by atoms with van der Waals surface area (Å²) in [5.41, 5.74) is 1.38. The molecular weight excluding hydrogens is 260 g/mol. The number of nitrogens with one attached hydrogen (secondary N) is 2. The molecule has 0 saturated heterocycles. The summed E-state index contributed by atoms with van der Waals surface area (Å²) >= 11 is 1.75. The molecule has 19 heavy (non-hydrogen) atoms. The van der Waals surface area contributed by atoms with E-state index in [-0.39, 0.29) is 17.5 Å². The third-order valence-corrected chi connectivity index (χ3v) is 4.39. The first-order chi connectivity index (χ1) is 9.24. The van der Waals surface area contributed by atoms with E-state index in [4.69, 9.17) is 0 Å². The number of hydrogen-bond donors (Lipinski definition) is 2. The van der Waals surface area contributed by atoms with Gasteiger partial charge in [-0.25, -0.2) is 0 Å². The zero-order valence-corrected chi connectivity index (χ0v) is 11.1. The second-order valence-corrected chi connectivity index (χ2v) is 5.66. The van der Waals surface area contributed by atoms with Crippen molar-refractivity contribution in [2.75, 3.05) is 0 Å². The molecule has 2 N–H and O–H groups in total. The van der Waals surface area contributed by atoms with Crippen molar-refractivity contribution < 1.29 is 4.79 Å². The highest BCUT2D eigenvalue weighted by atomic mass is 32.1. The zero-order chi connectivity index (χ0) is 13.2. The van der Waals surface area contributed by atoms with Crippen LogP contribution in [0.5, 0.6) is 0 Å². The van der Waals surface area contributed by atoms with Crippen molar-refractivity contribution in [3.8, 4) is 0 Å². The summed E-state index contributed by atoms with van der Waals surface area (Å²) in [5.74, 6) is -0.185. The van der Waals surface area contributed by atoms with Gasteiger partial charge < -0.3 is 10.3 Å². The number of fused-ring (bicyclic) bond motifs is 1. The minimum Gasteiger partial charge on any atom is -0.345 e. The number of amides is 1. The Morgan fingerprint density at radius 2 is 2.32 bits per heavy atom. The number of hydrogen-bond acceptors (Lipinski definition) is 3. The van der Waals surface area contributed by atoms with Crippen molar-refractivity contribution in [1.29, 1.82) is 0 Å². The Kier molecular flexibility index (Phi) is 3.21. The zero-order valence-electron chi connectivity index (χ0n) is 10.3. The molecule has 1 atom stereocenters. The van der Waals surface area contributed by atoms with E-state index in [1.54, 1.807) is 17.4 Å². The number of carbonyl (C=O) groups is 1. The maximum absolute atomic E-state index is 12.1. The van der Waals surface area contributed by atoms with Gasteiger partial charge in [-0.3, -0.25) is 9.59 Å². The van der Waals surface area contributed by atoms with E-state index in [9.17, 15) is 9.59 Å². The quantitative estimate of drug-likeness (QED) is 0.882. The van der Waals surface area contributed by atoms with Crippen molar-refractivity contribution in [2.24, 2.45) is 0 Å². The number of H-pyrrole nitrogens is 1. The van der Waals surface area contributed by atoms with Crippen molar-refractivity contribution in [3.63, 3.8) is 0 Å². The second kappa shape index (κ2) is 5.01. The van der Waals surface area contributed by atoms with Gasteiger partial charge in [0, 0.05) is 22.7 Å². The van der Waals surface area contributed by atoms with Crippen LogP contribution in [-0.2, 0) is 6.42 Å². The van der Waals surface area contributed by atoms with Crippen LogP contribution in [0.15, 0.2) is 34.6 Å². The lowest BCUT2D eigenvalue weighted by atomic mass is 9.94. The topological polar surface area (TPSA) is 62.0 Å². The molecule has 3 rings (SSSR count). The Balaban J connectivity index is 1.80. The Bertz CT molecular complexity index is 659. The average Bonchev–Trinajstić information content (AvgIpc) is 2.88. The summed E-state index contributed by atoms with van der Waals surface area (Å²) in [4.78, 5) is 27.2. The van der Waals surface area contributed by atoms with Crippen molar-refractivity contribution >= 4 is 17.2 Å². The molecular formula is C14H14N2O2S. The normalized spacial score (nSPS) is 17.8. The molecule has 1 amide bonds. The standard InChI is InChI=1S/C14H14N2O2S/c17-13-8-9(4-6-15-13)14(18)16-11-2-1-3-12-10(11)5-7-19-12/h4-8,11H,1-3H2,(H,15,17)(H,16,18). The van der Waals surface area contributed by atoms with E-state index in [1.165, 1.54) is 22.7 Å². The average molecular weight is 274 g/mol. The molecule has 0 aromatic carbocycles. The Morgan fingerprint density at radius 3 is 3.16 bits per heavy atom. The molecule has 4 nitrogen and oxygen atoms in total. The molecule has 1 unspecified atom stereocenters. The van der Waals surface area contributed by atoms with E-state index >= 15 is 0 Å². The van der Waals surface area contributed by atoms with Crippen LogP contribution in [0, 0.1) is 0 Å². The van der Waals surface area contributed by atoms with E-state index in [0.717, 1.165) is 19.3 Å². The van der Waals surface area contributed by atoms with Crippen LogP contribution in [0.25, 0.3) is 0 Å². The molecule has 98 valence electrons. The Morgan fingerprint density at radius 1 is 1.42 bits per heavy atom. The molecule has 2 aromatic rings. The molecule has 2 aromatic heterocycles. The molecule has 1 aliphatic rings. The molecule has 2 heterocycles. The number of pyridine rings is 1. The number of carbonyl (C=O) groups excluding carboxylic acids is 1. The van der Waals surface area contributed by atoms with E-state index in [0.29, 0.717) is 5.56 Å². The first kappa shape index (κ1) is 12.2. The lowest BCUT2D eigenvalue weighted by Gasteiger charge is -2.23. The minimum absolute atomic E-state index is 0.0711. The van der Waals surface area contributed by atoms with Gasteiger partial charge in [0.15, 0.2) is 0 Å². The number of rotatable bonds is 2. The maximum Gasteiger partial charge on any atom is 0.252 e. The van der Waals surface area contributed by atoms with Gasteiger partial charge in [0.25, 0.3) is 5.91 Å². The highest BCUT2D eigenvalue weighted by molar-refractivity contribution is 7.10. The summed E-state index contributed by atoms with van der Waals surface area (Å²) in [6, 6.07) is 5.10. The van der Waals surface area contributed by atoms with Crippen molar-refractivity contribution in [3.05, 3.63) is 56.1 Å². The van der Waals surface area contributed by atoms with Crippen LogP contribution in [0.3, 0.4) is 0 Å². The summed E-state index contributed by atoms with van der Waals surface area (Å²) in [6.07, 6.45) is 4.64. The fourth-order valence-corrected chi connectivity index (χ4v) is 3.45. The highest BCUT2D eigenvalue weighted by Crippen LogP contribution is 2.33. The first-order valence-electron chi connectivity index (χ1n) is 6.30. The van der Waals surface area contributed by atoms with E-state index < -0.39 is 0 Å². The summed E-state index contributed by atoms with van der Waals surface area (Å²) in [7, 11) is 0. The number of aromatic nitrogens is 1. The number of thiophene rings is 1. The molecule has 0 radical (unpaired) electrons. The Labute approximate surface area is 114 Å². The van der Waals surface area contributed by atoms with Crippen molar-refractivity contribution in [2.45, 2.75) is 25.3 Å². The van der Waals surface area contributed by atoms with E-state index in [2.05, 4.69) is 21.7 Å². The van der Waals surface area contributed by atoms with Gasteiger partial charge in [0.05, 0.1) is 6.04 Å². The third kappa shape index (κ3) is 2.46. The maximum atomic E-state index is 12.1. The SMILES string of the molecule is O=C(NC1CCCc2sccc21)c1cc[nH]c(=O)c1. The lowest BCUT2D eigenvalue weighted by Crippen LogP contribution is -2.31. The smallest absolute Gasteiger partial charge is 0.252 e. The lowest BCUT2D eigenvalue weighted by molar-refractivity contribution is 0.0932. The van der Waals surface area contributed by atoms with Crippen LogP contribution in [0.2, 0.25) is 0 Å². The monoisotopic (exact) mass is 274 g/mol. The summed E-state index contributed by atoms with van der Waals surface area (Å²) in [6.45, 7) is 0. The van der Waals surface area contributed by atoms with Crippen LogP contribution in [0.1, 0.15) is 39.7 Å². The van der Waals surface area contributed by atoms with Crippen LogP contribution in [0.4, 0.5) is 0 Å². The fourth-order valence-electron chi connectivity index (χ4n) is 2.46. The van der Waals surface area contributed by atoms with E-state index in [1.807, 2.05) is 0 Å². The van der Waals surface area contributed by atoms with Crippen molar-refractivity contribution in [1.82, 2.24) is 10.3 Å². The van der Waals surface area contributed by atoms with Gasteiger partial charge >= 0.3 is 0 Å². The fraction of sp³-hybridized carbons (Fsp3) is 0.286. The first-order valence-corrected chi connectivity index (χ1v) is 7.18. The summed E-state index contributed by atoms with van der Waals surface area (Å²) < 4.78 is 0. The molecule has 0 bridgehead atoms.